The Labute approximate surface area is 118 Å². The summed E-state index contributed by atoms with van der Waals surface area (Å²) < 4.78 is 2.20. The van der Waals surface area contributed by atoms with Crippen molar-refractivity contribution in [2.75, 3.05) is 39.8 Å². The SMILES string of the molecule is CN1CCN(CCn2cnc(-c3cccs3)c2)CC1. The molecule has 0 spiro atoms. The number of aromatic nitrogens is 2. The number of piperazine rings is 1. The monoisotopic (exact) mass is 276 g/mol. The molecule has 1 aliphatic heterocycles. The van der Waals surface area contributed by atoms with E-state index in [1.165, 1.54) is 31.1 Å². The number of imidazole rings is 1. The number of hydrogen-bond donors (Lipinski definition) is 0. The fraction of sp³-hybridized carbons (Fsp3) is 0.500. The van der Waals surface area contributed by atoms with Gasteiger partial charge in [0.15, 0.2) is 0 Å². The first-order chi connectivity index (χ1) is 9.31. The number of likely N-dealkylation sites (N-methyl/N-ethyl adjacent to an activating group) is 1. The van der Waals surface area contributed by atoms with Crippen molar-refractivity contribution < 1.29 is 0 Å². The molecule has 2 aromatic heterocycles. The molecule has 1 aliphatic rings. The minimum Gasteiger partial charge on any atom is -0.336 e. The van der Waals surface area contributed by atoms with Crippen LogP contribution in [-0.2, 0) is 6.54 Å². The first kappa shape index (κ1) is 12.8. The molecule has 0 aromatic carbocycles. The summed E-state index contributed by atoms with van der Waals surface area (Å²) in [5.41, 5.74) is 1.09. The van der Waals surface area contributed by atoms with E-state index in [0.717, 1.165) is 18.8 Å². The smallest absolute Gasteiger partial charge is 0.0981 e. The normalized spacial score (nSPS) is 17.9. The van der Waals surface area contributed by atoms with E-state index in [-0.39, 0.29) is 0 Å². The summed E-state index contributed by atoms with van der Waals surface area (Å²) in [6.45, 7) is 6.89. The number of thiophene rings is 1. The molecule has 102 valence electrons. The van der Waals surface area contributed by atoms with Crippen LogP contribution >= 0.6 is 11.3 Å². The van der Waals surface area contributed by atoms with Gasteiger partial charge in [0.2, 0.25) is 0 Å². The van der Waals surface area contributed by atoms with E-state index in [1.54, 1.807) is 11.3 Å². The lowest BCUT2D eigenvalue weighted by atomic mass is 10.3. The van der Waals surface area contributed by atoms with Gasteiger partial charge < -0.3 is 9.47 Å². The van der Waals surface area contributed by atoms with Crippen LogP contribution in [0.5, 0.6) is 0 Å². The fourth-order valence-corrected chi connectivity index (χ4v) is 3.05. The highest BCUT2D eigenvalue weighted by Gasteiger charge is 2.13. The third-order valence-corrected chi connectivity index (χ3v) is 4.57. The van der Waals surface area contributed by atoms with Crippen molar-refractivity contribution in [1.82, 2.24) is 19.4 Å². The summed E-state index contributed by atoms with van der Waals surface area (Å²) in [5, 5.41) is 2.10. The zero-order chi connectivity index (χ0) is 13.1. The van der Waals surface area contributed by atoms with Gasteiger partial charge in [-0.05, 0) is 18.5 Å². The summed E-state index contributed by atoms with van der Waals surface area (Å²) >= 11 is 1.74. The van der Waals surface area contributed by atoms with Crippen LogP contribution in [-0.4, -0.2) is 59.1 Å². The van der Waals surface area contributed by atoms with Crippen LogP contribution in [0.25, 0.3) is 10.6 Å². The Balaban J connectivity index is 1.53. The second-order valence-corrected chi connectivity index (χ2v) is 6.07. The largest absolute Gasteiger partial charge is 0.336 e. The molecule has 0 bridgehead atoms. The van der Waals surface area contributed by atoms with Crippen molar-refractivity contribution in [1.29, 1.82) is 0 Å². The van der Waals surface area contributed by atoms with E-state index in [4.69, 9.17) is 0 Å². The Morgan fingerprint density at radius 2 is 2.05 bits per heavy atom. The van der Waals surface area contributed by atoms with E-state index < -0.39 is 0 Å². The minimum absolute atomic E-state index is 1.03. The molecule has 0 saturated carbocycles. The van der Waals surface area contributed by atoms with Gasteiger partial charge in [-0.2, -0.15) is 0 Å². The van der Waals surface area contributed by atoms with E-state index in [1.807, 2.05) is 6.33 Å². The van der Waals surface area contributed by atoms with Crippen molar-refractivity contribution in [2.24, 2.45) is 0 Å². The molecular formula is C14H20N4S. The number of nitrogens with zero attached hydrogens (tertiary/aromatic N) is 4. The van der Waals surface area contributed by atoms with Gasteiger partial charge >= 0.3 is 0 Å². The Hall–Kier alpha value is -1.17. The summed E-state index contributed by atoms with van der Waals surface area (Å²) in [6.07, 6.45) is 4.10. The zero-order valence-electron chi connectivity index (χ0n) is 11.3. The molecule has 0 N–H and O–H groups in total. The first-order valence-electron chi connectivity index (χ1n) is 6.78. The summed E-state index contributed by atoms with van der Waals surface area (Å²) in [6, 6.07) is 4.20. The van der Waals surface area contributed by atoms with E-state index >= 15 is 0 Å². The van der Waals surface area contributed by atoms with Gasteiger partial charge in [-0.15, -0.1) is 11.3 Å². The van der Waals surface area contributed by atoms with Crippen molar-refractivity contribution in [3.63, 3.8) is 0 Å². The van der Waals surface area contributed by atoms with Gasteiger partial charge in [0, 0.05) is 45.5 Å². The van der Waals surface area contributed by atoms with Gasteiger partial charge in [-0.1, -0.05) is 6.07 Å². The lowest BCUT2D eigenvalue weighted by Gasteiger charge is -2.32. The first-order valence-corrected chi connectivity index (χ1v) is 7.66. The van der Waals surface area contributed by atoms with Crippen LogP contribution in [0.15, 0.2) is 30.0 Å². The Morgan fingerprint density at radius 3 is 2.79 bits per heavy atom. The molecular weight excluding hydrogens is 256 g/mol. The predicted octanol–water partition coefficient (Wildman–Crippen LogP) is 1.86. The Kier molecular flexibility index (Phi) is 3.96. The predicted molar refractivity (Wildman–Crippen MR) is 79.5 cm³/mol. The van der Waals surface area contributed by atoms with Gasteiger partial charge in [0.05, 0.1) is 16.9 Å². The van der Waals surface area contributed by atoms with Crippen molar-refractivity contribution >= 4 is 11.3 Å². The average Bonchev–Trinajstić information content (AvgIpc) is 3.09. The quantitative estimate of drug-likeness (QED) is 0.852. The Bertz CT molecular complexity index is 497. The van der Waals surface area contributed by atoms with Crippen LogP contribution in [0.2, 0.25) is 0 Å². The maximum Gasteiger partial charge on any atom is 0.0981 e. The van der Waals surface area contributed by atoms with Gasteiger partial charge in [0.1, 0.15) is 0 Å². The highest BCUT2D eigenvalue weighted by molar-refractivity contribution is 7.13. The highest BCUT2D eigenvalue weighted by Crippen LogP contribution is 2.22. The molecule has 1 fully saturated rings. The molecule has 2 aromatic rings. The summed E-state index contributed by atoms with van der Waals surface area (Å²) in [5.74, 6) is 0. The lowest BCUT2D eigenvalue weighted by Crippen LogP contribution is -2.45. The van der Waals surface area contributed by atoms with Crippen molar-refractivity contribution in [3.05, 3.63) is 30.0 Å². The number of hydrogen-bond acceptors (Lipinski definition) is 4. The lowest BCUT2D eigenvalue weighted by molar-refractivity contribution is 0.150. The molecule has 0 radical (unpaired) electrons. The highest BCUT2D eigenvalue weighted by atomic mass is 32.1. The molecule has 3 heterocycles. The van der Waals surface area contributed by atoms with Crippen LogP contribution < -0.4 is 0 Å². The molecule has 0 aliphatic carbocycles. The Morgan fingerprint density at radius 1 is 1.21 bits per heavy atom. The molecule has 4 nitrogen and oxygen atoms in total. The van der Waals surface area contributed by atoms with Crippen LogP contribution in [0.3, 0.4) is 0 Å². The molecule has 0 atom stereocenters. The second kappa shape index (κ2) is 5.86. The summed E-state index contributed by atoms with van der Waals surface area (Å²) in [4.78, 5) is 10.7. The molecule has 0 unspecified atom stereocenters. The van der Waals surface area contributed by atoms with Crippen LogP contribution in [0.4, 0.5) is 0 Å². The van der Waals surface area contributed by atoms with Crippen LogP contribution in [0.1, 0.15) is 0 Å². The molecule has 0 amide bonds. The molecule has 5 heteroatoms. The third kappa shape index (κ3) is 3.23. The van der Waals surface area contributed by atoms with E-state index in [0.29, 0.717) is 0 Å². The molecule has 1 saturated heterocycles. The van der Waals surface area contributed by atoms with Gasteiger partial charge in [-0.25, -0.2) is 4.98 Å². The molecule has 19 heavy (non-hydrogen) atoms. The minimum atomic E-state index is 1.03. The maximum atomic E-state index is 4.48. The van der Waals surface area contributed by atoms with E-state index in [9.17, 15) is 0 Å². The van der Waals surface area contributed by atoms with E-state index in [2.05, 4.69) is 50.1 Å². The van der Waals surface area contributed by atoms with Crippen molar-refractivity contribution in [3.8, 4) is 10.6 Å². The van der Waals surface area contributed by atoms with Crippen LogP contribution in [0, 0.1) is 0 Å². The fourth-order valence-electron chi connectivity index (χ4n) is 2.36. The second-order valence-electron chi connectivity index (χ2n) is 5.12. The molecule has 3 rings (SSSR count). The van der Waals surface area contributed by atoms with Gasteiger partial charge in [0.25, 0.3) is 0 Å². The maximum absolute atomic E-state index is 4.48. The zero-order valence-corrected chi connectivity index (χ0v) is 12.1. The average molecular weight is 276 g/mol. The van der Waals surface area contributed by atoms with Crippen molar-refractivity contribution in [2.45, 2.75) is 6.54 Å². The third-order valence-electron chi connectivity index (χ3n) is 3.68. The summed E-state index contributed by atoms with van der Waals surface area (Å²) in [7, 11) is 2.19. The van der Waals surface area contributed by atoms with Gasteiger partial charge in [-0.3, -0.25) is 4.90 Å². The topological polar surface area (TPSA) is 24.3 Å². The number of rotatable bonds is 4. The standard InChI is InChI=1S/C14H20N4S/c1-16-4-6-17(7-5-16)8-9-18-11-13(15-12-18)14-3-2-10-19-14/h2-3,10-12H,4-9H2,1H3.